The van der Waals surface area contributed by atoms with Gasteiger partial charge in [-0.2, -0.15) is 0 Å². The van der Waals surface area contributed by atoms with Gasteiger partial charge >= 0.3 is 0 Å². The first kappa shape index (κ1) is 15.7. The fraction of sp³-hybridized carbons (Fsp3) is 0.267. The number of rotatable bonds is 6. The molecule has 0 aliphatic rings. The van der Waals surface area contributed by atoms with Crippen LogP contribution in [0.1, 0.15) is 18.9 Å². The van der Waals surface area contributed by atoms with E-state index < -0.39 is 11.6 Å². The lowest BCUT2D eigenvalue weighted by Gasteiger charge is -2.09. The molecule has 0 amide bonds. The molecule has 1 aromatic heterocycles. The number of hydrogen-bond donors (Lipinski definition) is 1. The van der Waals surface area contributed by atoms with Crippen LogP contribution >= 0.6 is 11.6 Å². The van der Waals surface area contributed by atoms with Crippen molar-refractivity contribution in [2.45, 2.75) is 19.9 Å². The van der Waals surface area contributed by atoms with Crippen LogP contribution in [0.15, 0.2) is 30.5 Å². The minimum atomic E-state index is -0.780. The number of ether oxygens (including phenoxy) is 1. The third-order valence-electron chi connectivity index (χ3n) is 2.76. The van der Waals surface area contributed by atoms with Gasteiger partial charge in [0.15, 0.2) is 11.6 Å². The first-order valence-corrected chi connectivity index (χ1v) is 6.96. The van der Waals surface area contributed by atoms with E-state index in [1.54, 1.807) is 6.07 Å². The highest BCUT2D eigenvalue weighted by molar-refractivity contribution is 6.31. The number of pyridine rings is 1. The van der Waals surface area contributed by atoms with Crippen LogP contribution in [0.3, 0.4) is 0 Å². The molecule has 2 aromatic rings. The van der Waals surface area contributed by atoms with Gasteiger partial charge in [0.25, 0.3) is 0 Å². The van der Waals surface area contributed by atoms with E-state index in [0.29, 0.717) is 11.6 Å². The van der Waals surface area contributed by atoms with Gasteiger partial charge in [0.2, 0.25) is 5.88 Å². The number of hydrogen-bond acceptors (Lipinski definition) is 3. The normalized spacial score (nSPS) is 10.7. The van der Waals surface area contributed by atoms with E-state index in [0.717, 1.165) is 30.7 Å². The fourth-order valence-electron chi connectivity index (χ4n) is 1.72. The molecule has 0 aliphatic heterocycles. The summed E-state index contributed by atoms with van der Waals surface area (Å²) in [5.74, 6) is -1.32. The predicted molar refractivity (Wildman–Crippen MR) is 77.7 cm³/mol. The molecule has 0 atom stereocenters. The van der Waals surface area contributed by atoms with Gasteiger partial charge in [-0.1, -0.05) is 18.5 Å². The summed E-state index contributed by atoms with van der Waals surface area (Å²) in [4.78, 5) is 3.98. The van der Waals surface area contributed by atoms with Crippen LogP contribution in [-0.2, 0) is 6.54 Å². The smallest absolute Gasteiger partial charge is 0.219 e. The van der Waals surface area contributed by atoms with Crippen molar-refractivity contribution < 1.29 is 13.5 Å². The molecule has 0 spiro atoms. The second-order valence-electron chi connectivity index (χ2n) is 4.47. The maximum atomic E-state index is 13.5. The maximum Gasteiger partial charge on any atom is 0.219 e. The number of halogens is 3. The summed E-state index contributed by atoms with van der Waals surface area (Å²) in [5.41, 5.74) is 0.803. The summed E-state index contributed by atoms with van der Waals surface area (Å²) in [7, 11) is 0. The van der Waals surface area contributed by atoms with Crippen molar-refractivity contribution >= 4 is 11.6 Å². The van der Waals surface area contributed by atoms with E-state index >= 15 is 0 Å². The molecule has 1 aromatic carbocycles. The summed E-state index contributed by atoms with van der Waals surface area (Å²) >= 11 is 6.05. The molecule has 0 saturated heterocycles. The highest BCUT2D eigenvalue weighted by atomic mass is 35.5. The predicted octanol–water partition coefficient (Wildman–Crippen LogP) is 4.31. The van der Waals surface area contributed by atoms with Crippen LogP contribution in [0.4, 0.5) is 8.78 Å². The zero-order valence-electron chi connectivity index (χ0n) is 11.5. The van der Waals surface area contributed by atoms with Gasteiger partial charge in [-0.25, -0.2) is 13.8 Å². The lowest BCUT2D eigenvalue weighted by molar-refractivity contribution is 0.423. The summed E-state index contributed by atoms with van der Waals surface area (Å²) < 4.78 is 31.7. The Morgan fingerprint density at radius 2 is 2.10 bits per heavy atom. The Hall–Kier alpha value is -1.72. The molecule has 3 nitrogen and oxygen atoms in total. The molecule has 1 heterocycles. The second kappa shape index (κ2) is 7.33. The summed E-state index contributed by atoms with van der Waals surface area (Å²) in [5, 5.41) is 3.72. The largest absolute Gasteiger partial charge is 0.436 e. The first-order chi connectivity index (χ1) is 10.1. The van der Waals surface area contributed by atoms with Crippen molar-refractivity contribution in [1.29, 1.82) is 0 Å². The zero-order valence-corrected chi connectivity index (χ0v) is 12.3. The van der Waals surface area contributed by atoms with E-state index in [4.69, 9.17) is 16.3 Å². The molecule has 1 N–H and O–H groups in total. The van der Waals surface area contributed by atoms with Crippen LogP contribution in [0.5, 0.6) is 11.6 Å². The molecule has 0 aliphatic carbocycles. The molecule has 21 heavy (non-hydrogen) atoms. The molecule has 0 bridgehead atoms. The fourth-order valence-corrected chi connectivity index (χ4v) is 1.89. The molecule has 0 fully saturated rings. The minimum Gasteiger partial charge on any atom is -0.436 e. The number of benzene rings is 1. The maximum absolute atomic E-state index is 13.5. The first-order valence-electron chi connectivity index (χ1n) is 6.58. The quantitative estimate of drug-likeness (QED) is 0.807. The molecule has 2 rings (SSSR count). The van der Waals surface area contributed by atoms with E-state index in [1.807, 2.05) is 0 Å². The average molecular weight is 313 g/mol. The standard InChI is InChI=1S/C15H15ClF2N2O/c1-2-5-19-8-10-6-15(20-9-12(10)16)21-14-4-3-11(17)7-13(14)18/h3-4,6-7,9,19H,2,5,8H2,1H3. The monoisotopic (exact) mass is 312 g/mol. The molecule has 0 unspecified atom stereocenters. The highest BCUT2D eigenvalue weighted by Crippen LogP contribution is 2.26. The zero-order chi connectivity index (χ0) is 15.2. The Morgan fingerprint density at radius 1 is 1.29 bits per heavy atom. The van der Waals surface area contributed by atoms with Gasteiger partial charge in [0, 0.05) is 24.9 Å². The highest BCUT2D eigenvalue weighted by Gasteiger charge is 2.09. The van der Waals surface area contributed by atoms with Gasteiger partial charge in [-0.15, -0.1) is 0 Å². The molecule has 0 saturated carbocycles. The van der Waals surface area contributed by atoms with Crippen molar-refractivity contribution in [2.75, 3.05) is 6.54 Å². The second-order valence-corrected chi connectivity index (χ2v) is 4.87. The SMILES string of the molecule is CCCNCc1cc(Oc2ccc(F)cc2F)ncc1Cl. The lowest BCUT2D eigenvalue weighted by Crippen LogP contribution is -2.14. The Kier molecular flexibility index (Phi) is 5.47. The third kappa shape index (κ3) is 4.37. The Morgan fingerprint density at radius 3 is 2.81 bits per heavy atom. The van der Waals surface area contributed by atoms with Gasteiger partial charge in [0.1, 0.15) is 5.82 Å². The molecule has 0 radical (unpaired) electrons. The minimum absolute atomic E-state index is 0.0845. The van der Waals surface area contributed by atoms with Crippen molar-refractivity contribution in [3.05, 3.63) is 52.7 Å². The number of aromatic nitrogens is 1. The number of nitrogens with one attached hydrogen (secondary N) is 1. The Bertz CT molecular complexity index is 623. The van der Waals surface area contributed by atoms with Gasteiger partial charge in [-0.3, -0.25) is 0 Å². The van der Waals surface area contributed by atoms with E-state index in [-0.39, 0.29) is 11.6 Å². The van der Waals surface area contributed by atoms with Crippen molar-refractivity contribution in [2.24, 2.45) is 0 Å². The molecule has 112 valence electrons. The van der Waals surface area contributed by atoms with Crippen LogP contribution < -0.4 is 10.1 Å². The summed E-state index contributed by atoms with van der Waals surface area (Å²) in [6, 6.07) is 4.73. The average Bonchev–Trinajstić information content (AvgIpc) is 2.45. The van der Waals surface area contributed by atoms with Crippen molar-refractivity contribution in [3.63, 3.8) is 0 Å². The van der Waals surface area contributed by atoms with Crippen LogP contribution in [0, 0.1) is 11.6 Å². The molecular weight excluding hydrogens is 298 g/mol. The van der Waals surface area contributed by atoms with Crippen LogP contribution in [0.25, 0.3) is 0 Å². The topological polar surface area (TPSA) is 34.1 Å². The van der Waals surface area contributed by atoms with Crippen molar-refractivity contribution in [3.8, 4) is 11.6 Å². The number of nitrogens with zero attached hydrogens (tertiary/aromatic N) is 1. The van der Waals surface area contributed by atoms with Crippen LogP contribution in [-0.4, -0.2) is 11.5 Å². The third-order valence-corrected chi connectivity index (χ3v) is 3.10. The van der Waals surface area contributed by atoms with Crippen molar-refractivity contribution in [1.82, 2.24) is 10.3 Å². The Balaban J connectivity index is 2.14. The van der Waals surface area contributed by atoms with E-state index in [9.17, 15) is 8.78 Å². The summed E-state index contributed by atoms with van der Waals surface area (Å²) in [6.07, 6.45) is 2.45. The van der Waals surface area contributed by atoms with Gasteiger partial charge in [-0.05, 0) is 30.7 Å². The van der Waals surface area contributed by atoms with Gasteiger partial charge < -0.3 is 10.1 Å². The van der Waals surface area contributed by atoms with E-state index in [2.05, 4.69) is 17.2 Å². The van der Waals surface area contributed by atoms with Gasteiger partial charge in [0.05, 0.1) is 5.02 Å². The molecule has 6 heteroatoms. The summed E-state index contributed by atoms with van der Waals surface area (Å²) in [6.45, 7) is 3.49. The lowest BCUT2D eigenvalue weighted by atomic mass is 10.2. The van der Waals surface area contributed by atoms with Crippen LogP contribution in [0.2, 0.25) is 5.02 Å². The molecular formula is C15H15ClF2N2O. The Labute approximate surface area is 126 Å². The van der Waals surface area contributed by atoms with E-state index in [1.165, 1.54) is 12.3 Å².